The summed E-state index contributed by atoms with van der Waals surface area (Å²) in [6.45, 7) is 15.4. The maximum atomic E-state index is 12.4. The lowest BCUT2D eigenvalue weighted by molar-refractivity contribution is -0.161. The van der Waals surface area contributed by atoms with Crippen LogP contribution in [0.15, 0.2) is 17.7 Å². The summed E-state index contributed by atoms with van der Waals surface area (Å²) in [5.74, 6) is 0.285. The molecule has 0 unspecified atom stereocenters. The first-order valence-corrected chi connectivity index (χ1v) is 8.98. The van der Waals surface area contributed by atoms with E-state index in [1.807, 2.05) is 25.1 Å². The van der Waals surface area contributed by atoms with E-state index < -0.39 is 0 Å². The molecule has 0 atom stereocenters. The van der Waals surface area contributed by atoms with E-state index in [0.717, 1.165) is 23.1 Å². The van der Waals surface area contributed by atoms with Crippen molar-refractivity contribution in [1.29, 1.82) is 0 Å². The van der Waals surface area contributed by atoms with Crippen LogP contribution in [0.5, 0.6) is 5.75 Å². The Morgan fingerprint density at radius 1 is 1.12 bits per heavy atom. The quantitative estimate of drug-likeness (QED) is 0.817. The largest absolute Gasteiger partial charge is 0.507 e. The van der Waals surface area contributed by atoms with Gasteiger partial charge in [-0.3, -0.25) is 9.63 Å². The van der Waals surface area contributed by atoms with Gasteiger partial charge in [0, 0.05) is 23.2 Å². The van der Waals surface area contributed by atoms with Crippen LogP contribution in [-0.4, -0.2) is 29.2 Å². The predicted molar refractivity (Wildman–Crippen MR) is 101 cm³/mol. The summed E-state index contributed by atoms with van der Waals surface area (Å²) < 4.78 is 0. The molecule has 1 N–H and O–H groups in total. The van der Waals surface area contributed by atoms with Crippen LogP contribution < -0.4 is 0 Å². The van der Waals surface area contributed by atoms with Gasteiger partial charge in [0.15, 0.2) is 0 Å². The molecule has 0 spiro atoms. The molecular weight excluding hydrogens is 314 g/mol. The molecule has 1 aromatic carbocycles. The molecule has 138 valence electrons. The molecule has 1 heterocycles. The summed E-state index contributed by atoms with van der Waals surface area (Å²) in [6, 6.07) is 3.96. The molecule has 1 aromatic rings. The van der Waals surface area contributed by atoms with Gasteiger partial charge in [-0.05, 0) is 41.0 Å². The van der Waals surface area contributed by atoms with E-state index >= 15 is 0 Å². The molecule has 1 saturated heterocycles. The molecule has 1 fully saturated rings. The van der Waals surface area contributed by atoms with Crippen LogP contribution in [0.2, 0.25) is 0 Å². The molecule has 4 heteroatoms. The van der Waals surface area contributed by atoms with Gasteiger partial charge in [0.1, 0.15) is 12.4 Å². The zero-order valence-corrected chi connectivity index (χ0v) is 16.6. The average molecular weight is 345 g/mol. The Hall–Kier alpha value is -1.81. The molecule has 0 saturated carbocycles. The first-order chi connectivity index (χ1) is 11.4. The summed E-state index contributed by atoms with van der Waals surface area (Å²) in [4.78, 5) is 17.9. The Labute approximate surface area is 151 Å². The lowest BCUT2D eigenvalue weighted by atomic mass is 9.78. The van der Waals surface area contributed by atoms with E-state index in [4.69, 9.17) is 4.84 Å². The van der Waals surface area contributed by atoms with Gasteiger partial charge < -0.3 is 5.11 Å². The third-order valence-corrected chi connectivity index (χ3v) is 4.39. The normalized spacial score (nSPS) is 17.6. The number of hydrogen-bond acceptors (Lipinski definition) is 3. The number of phenols is 1. The zero-order valence-electron chi connectivity index (χ0n) is 16.6. The van der Waals surface area contributed by atoms with E-state index in [9.17, 15) is 9.90 Å². The molecule has 0 bridgehead atoms. The zero-order chi connectivity index (χ0) is 19.0. The van der Waals surface area contributed by atoms with Crippen molar-refractivity contribution in [2.75, 3.05) is 13.2 Å². The van der Waals surface area contributed by atoms with Gasteiger partial charge in [-0.15, -0.1) is 0 Å². The molecule has 1 amide bonds. The summed E-state index contributed by atoms with van der Waals surface area (Å²) in [6.07, 6.45) is 2.75. The Morgan fingerprint density at radius 2 is 1.64 bits per heavy atom. The van der Waals surface area contributed by atoms with Gasteiger partial charge in [0.2, 0.25) is 0 Å². The number of carbonyl (C=O) groups is 1. The maximum absolute atomic E-state index is 12.4. The Bertz CT molecular complexity index is 655. The smallest absolute Gasteiger partial charge is 0.275 e. The fraction of sp³-hybridized carbons (Fsp3) is 0.571. The van der Waals surface area contributed by atoms with Crippen molar-refractivity contribution in [3.05, 3.63) is 34.4 Å². The number of benzene rings is 1. The molecule has 4 nitrogen and oxygen atoms in total. The SMILES string of the molecule is CCCN1OCC(=Cc2cc(C(C)(C)C)c(O)c(C(C)(C)C)c2)C1=O. The molecule has 1 aliphatic rings. The van der Waals surface area contributed by atoms with Crippen LogP contribution in [0.1, 0.15) is 71.6 Å². The number of nitrogens with zero attached hydrogens (tertiary/aromatic N) is 1. The van der Waals surface area contributed by atoms with Crippen molar-refractivity contribution in [3.8, 4) is 5.75 Å². The van der Waals surface area contributed by atoms with Crippen molar-refractivity contribution in [3.63, 3.8) is 0 Å². The lowest BCUT2D eigenvalue weighted by Gasteiger charge is -2.28. The minimum Gasteiger partial charge on any atom is -0.507 e. The van der Waals surface area contributed by atoms with E-state index in [1.165, 1.54) is 5.06 Å². The number of hydrogen-bond donors (Lipinski definition) is 1. The average Bonchev–Trinajstić information content (AvgIpc) is 2.80. The van der Waals surface area contributed by atoms with Crippen molar-refractivity contribution in [1.82, 2.24) is 5.06 Å². The highest BCUT2D eigenvalue weighted by Gasteiger charge is 2.29. The third kappa shape index (κ3) is 4.24. The number of carbonyl (C=O) groups excluding carboxylic acids is 1. The van der Waals surface area contributed by atoms with Gasteiger partial charge in [0.25, 0.3) is 5.91 Å². The first-order valence-electron chi connectivity index (χ1n) is 8.98. The van der Waals surface area contributed by atoms with Gasteiger partial charge >= 0.3 is 0 Å². The molecule has 1 aliphatic heterocycles. The number of amides is 1. The maximum Gasteiger partial charge on any atom is 0.275 e. The van der Waals surface area contributed by atoms with Crippen LogP contribution >= 0.6 is 0 Å². The van der Waals surface area contributed by atoms with Gasteiger partial charge in [0.05, 0.1) is 0 Å². The van der Waals surface area contributed by atoms with Crippen LogP contribution in [0, 0.1) is 0 Å². The monoisotopic (exact) mass is 345 g/mol. The summed E-state index contributed by atoms with van der Waals surface area (Å²) in [5.41, 5.74) is 2.98. The number of rotatable bonds is 3. The number of hydroxylamine groups is 2. The van der Waals surface area contributed by atoms with Crippen LogP contribution in [-0.2, 0) is 20.5 Å². The first kappa shape index (κ1) is 19.5. The second-order valence-electron chi connectivity index (χ2n) is 8.81. The Balaban J connectivity index is 2.52. The highest BCUT2D eigenvalue weighted by molar-refractivity contribution is 5.99. The Morgan fingerprint density at radius 3 is 2.08 bits per heavy atom. The predicted octanol–water partition coefficient (Wildman–Crippen LogP) is 4.55. The molecule has 0 radical (unpaired) electrons. The van der Waals surface area contributed by atoms with Crippen molar-refractivity contribution in [2.45, 2.75) is 65.7 Å². The van der Waals surface area contributed by atoms with Crippen molar-refractivity contribution < 1.29 is 14.7 Å². The second kappa shape index (κ2) is 6.83. The molecular formula is C21H31NO3. The van der Waals surface area contributed by atoms with Gasteiger partial charge in [-0.2, -0.15) is 0 Å². The second-order valence-corrected chi connectivity index (χ2v) is 8.81. The van der Waals surface area contributed by atoms with E-state index in [-0.39, 0.29) is 16.7 Å². The van der Waals surface area contributed by atoms with Crippen LogP contribution in [0.3, 0.4) is 0 Å². The summed E-state index contributed by atoms with van der Waals surface area (Å²) in [5, 5.41) is 12.2. The van der Waals surface area contributed by atoms with Crippen LogP contribution in [0.4, 0.5) is 0 Å². The summed E-state index contributed by atoms with van der Waals surface area (Å²) in [7, 11) is 0. The topological polar surface area (TPSA) is 49.8 Å². The Kier molecular flexibility index (Phi) is 5.33. The molecule has 2 rings (SSSR count). The number of aromatic hydroxyl groups is 1. The van der Waals surface area contributed by atoms with Crippen molar-refractivity contribution in [2.24, 2.45) is 0 Å². The highest BCUT2D eigenvalue weighted by Crippen LogP contribution is 2.40. The molecule has 0 aromatic heterocycles. The van der Waals surface area contributed by atoms with E-state index in [0.29, 0.717) is 24.5 Å². The van der Waals surface area contributed by atoms with Crippen molar-refractivity contribution >= 4 is 12.0 Å². The fourth-order valence-electron chi connectivity index (χ4n) is 2.99. The van der Waals surface area contributed by atoms with E-state index in [2.05, 4.69) is 41.5 Å². The minimum atomic E-state index is -0.191. The van der Waals surface area contributed by atoms with Crippen LogP contribution in [0.25, 0.3) is 6.08 Å². The minimum absolute atomic E-state index is 0.0652. The molecule has 25 heavy (non-hydrogen) atoms. The molecule has 0 aliphatic carbocycles. The summed E-state index contributed by atoms with van der Waals surface area (Å²) >= 11 is 0. The lowest BCUT2D eigenvalue weighted by Crippen LogP contribution is -2.24. The van der Waals surface area contributed by atoms with E-state index in [1.54, 1.807) is 0 Å². The highest BCUT2D eigenvalue weighted by atomic mass is 16.7. The van der Waals surface area contributed by atoms with Gasteiger partial charge in [-0.25, -0.2) is 5.06 Å². The van der Waals surface area contributed by atoms with Gasteiger partial charge in [-0.1, -0.05) is 48.5 Å². The standard InChI is InChI=1S/C21H31NO3/c1-8-9-22-19(24)15(13-25-22)10-14-11-16(20(2,3)4)18(23)17(12-14)21(5,6)7/h10-12,23H,8-9,13H2,1-7H3. The number of phenolic OH excluding ortho intramolecular Hbond substituents is 1. The third-order valence-electron chi connectivity index (χ3n) is 4.39. The fourth-order valence-corrected chi connectivity index (χ4v) is 2.99.